The number of nitrogens with two attached hydrogens (primary N) is 1. The first-order valence-electron chi connectivity index (χ1n) is 7.27. The van der Waals surface area contributed by atoms with Gasteiger partial charge in [0.25, 0.3) is 0 Å². The van der Waals surface area contributed by atoms with Crippen LogP contribution in [-0.4, -0.2) is 55.0 Å². The maximum absolute atomic E-state index is 12.3. The summed E-state index contributed by atoms with van der Waals surface area (Å²) < 4.78 is 0. The van der Waals surface area contributed by atoms with Crippen LogP contribution < -0.4 is 5.73 Å². The number of hydrogen-bond donors (Lipinski definition) is 1. The Morgan fingerprint density at radius 2 is 1.94 bits per heavy atom. The van der Waals surface area contributed by atoms with Gasteiger partial charge in [0.15, 0.2) is 0 Å². The van der Waals surface area contributed by atoms with Gasteiger partial charge in [0.2, 0.25) is 5.91 Å². The van der Waals surface area contributed by atoms with Crippen LogP contribution in [-0.2, 0) is 4.79 Å². The number of carbonyl (C=O) groups excluding carboxylic acids is 1. The van der Waals surface area contributed by atoms with Crippen LogP contribution in [0.5, 0.6) is 0 Å². The molecule has 1 saturated carbocycles. The molecule has 0 radical (unpaired) electrons. The van der Waals surface area contributed by atoms with E-state index in [4.69, 9.17) is 5.73 Å². The Hall–Kier alpha value is -0.610. The number of amides is 1. The molecule has 0 spiro atoms. The zero-order valence-corrected chi connectivity index (χ0v) is 11.8. The van der Waals surface area contributed by atoms with Crippen LogP contribution in [0.15, 0.2) is 0 Å². The Balaban J connectivity index is 1.81. The first kappa shape index (κ1) is 13.8. The van der Waals surface area contributed by atoms with Gasteiger partial charge in [-0.05, 0) is 51.7 Å². The van der Waals surface area contributed by atoms with Crippen LogP contribution in [0.4, 0.5) is 0 Å². The van der Waals surface area contributed by atoms with Crippen molar-refractivity contribution in [2.75, 3.05) is 27.2 Å². The van der Waals surface area contributed by atoms with Crippen molar-refractivity contribution in [1.29, 1.82) is 0 Å². The number of piperidine rings is 1. The molecule has 1 saturated heterocycles. The van der Waals surface area contributed by atoms with Gasteiger partial charge in [-0.1, -0.05) is 6.42 Å². The smallest absolute Gasteiger partial charge is 0.222 e. The van der Waals surface area contributed by atoms with Gasteiger partial charge < -0.3 is 15.5 Å². The summed E-state index contributed by atoms with van der Waals surface area (Å²) in [4.78, 5) is 16.6. The van der Waals surface area contributed by atoms with Crippen molar-refractivity contribution in [3.05, 3.63) is 0 Å². The lowest BCUT2D eigenvalue weighted by Crippen LogP contribution is -2.45. The van der Waals surface area contributed by atoms with Crippen LogP contribution in [0.3, 0.4) is 0 Å². The van der Waals surface area contributed by atoms with E-state index < -0.39 is 0 Å². The lowest BCUT2D eigenvalue weighted by atomic mass is 9.98. The first-order valence-corrected chi connectivity index (χ1v) is 7.27. The van der Waals surface area contributed by atoms with Crippen LogP contribution in [0.1, 0.15) is 38.5 Å². The second-order valence-corrected chi connectivity index (χ2v) is 6.10. The minimum absolute atomic E-state index is 0.250. The number of nitrogens with zero attached hydrogens (tertiary/aromatic N) is 2. The van der Waals surface area contributed by atoms with Crippen LogP contribution in [0.2, 0.25) is 0 Å². The predicted octanol–water partition coefficient (Wildman–Crippen LogP) is 1.06. The molecule has 1 aliphatic carbocycles. The van der Waals surface area contributed by atoms with Crippen molar-refractivity contribution >= 4 is 5.91 Å². The van der Waals surface area contributed by atoms with E-state index in [2.05, 4.69) is 11.9 Å². The quantitative estimate of drug-likeness (QED) is 0.818. The summed E-state index contributed by atoms with van der Waals surface area (Å²) in [7, 11) is 4.12. The molecule has 0 unspecified atom stereocenters. The number of rotatable bonds is 3. The molecule has 2 rings (SSSR count). The fraction of sp³-hybridized carbons (Fsp3) is 0.929. The third-order valence-corrected chi connectivity index (χ3v) is 4.78. The minimum Gasteiger partial charge on any atom is -0.343 e. The molecule has 0 aromatic carbocycles. The third-order valence-electron chi connectivity index (χ3n) is 4.78. The van der Waals surface area contributed by atoms with Gasteiger partial charge in [0, 0.05) is 25.6 Å². The van der Waals surface area contributed by atoms with Crippen molar-refractivity contribution in [3.8, 4) is 0 Å². The molecular formula is C14H27N3O. The van der Waals surface area contributed by atoms with E-state index in [1.807, 2.05) is 11.9 Å². The van der Waals surface area contributed by atoms with Crippen LogP contribution in [0, 0.1) is 5.92 Å². The molecule has 1 aliphatic heterocycles. The van der Waals surface area contributed by atoms with Crippen LogP contribution >= 0.6 is 0 Å². The summed E-state index contributed by atoms with van der Waals surface area (Å²) in [6, 6.07) is 0.686. The first-order chi connectivity index (χ1) is 8.58. The largest absolute Gasteiger partial charge is 0.343 e. The maximum atomic E-state index is 12.3. The van der Waals surface area contributed by atoms with Gasteiger partial charge in [0.05, 0.1) is 0 Å². The molecule has 0 aromatic heterocycles. The minimum atomic E-state index is 0.250. The maximum Gasteiger partial charge on any atom is 0.222 e. The van der Waals surface area contributed by atoms with E-state index in [9.17, 15) is 4.79 Å². The normalized spacial score (nSPS) is 30.6. The van der Waals surface area contributed by atoms with Crippen molar-refractivity contribution in [2.24, 2.45) is 11.7 Å². The zero-order chi connectivity index (χ0) is 13.1. The van der Waals surface area contributed by atoms with Crippen molar-refractivity contribution in [3.63, 3.8) is 0 Å². The van der Waals surface area contributed by atoms with E-state index in [1.165, 1.54) is 6.42 Å². The summed E-state index contributed by atoms with van der Waals surface area (Å²) >= 11 is 0. The summed E-state index contributed by atoms with van der Waals surface area (Å²) in [6.07, 6.45) is 6.29. The topological polar surface area (TPSA) is 49.6 Å². The molecule has 1 amide bonds. The second-order valence-electron chi connectivity index (χ2n) is 6.10. The highest BCUT2D eigenvalue weighted by molar-refractivity contribution is 5.76. The molecule has 2 aliphatic rings. The molecule has 4 heteroatoms. The van der Waals surface area contributed by atoms with Gasteiger partial charge in [0.1, 0.15) is 0 Å². The Morgan fingerprint density at radius 3 is 2.50 bits per heavy atom. The highest BCUT2D eigenvalue weighted by atomic mass is 16.2. The fourth-order valence-electron chi connectivity index (χ4n) is 3.27. The Bertz CT molecular complexity index is 287. The Morgan fingerprint density at radius 1 is 1.28 bits per heavy atom. The fourth-order valence-corrected chi connectivity index (χ4v) is 3.27. The SMILES string of the molecule is CN1CCC(N(C)C(=O)C[C@@H]2CCC[C@H]2N)CC1. The monoisotopic (exact) mass is 253 g/mol. The Labute approximate surface area is 110 Å². The van der Waals surface area contributed by atoms with Crippen molar-refractivity contribution in [1.82, 2.24) is 9.80 Å². The molecular weight excluding hydrogens is 226 g/mol. The number of hydrogen-bond acceptors (Lipinski definition) is 3. The van der Waals surface area contributed by atoms with E-state index in [0.717, 1.165) is 38.8 Å². The predicted molar refractivity (Wildman–Crippen MR) is 73.2 cm³/mol. The Kier molecular flexibility index (Phi) is 4.62. The highest BCUT2D eigenvalue weighted by Crippen LogP contribution is 2.28. The molecule has 2 fully saturated rings. The number of likely N-dealkylation sites (tertiary alicyclic amines) is 1. The average molecular weight is 253 g/mol. The standard InChI is InChI=1S/C14H27N3O/c1-16-8-6-12(7-9-16)17(2)14(18)10-11-4-3-5-13(11)15/h11-13H,3-10,15H2,1-2H3/t11-,13+/m0/s1. The molecule has 0 aromatic rings. The summed E-state index contributed by atoms with van der Waals surface area (Å²) in [6.45, 7) is 2.20. The molecule has 2 atom stereocenters. The summed E-state index contributed by atoms with van der Waals surface area (Å²) in [5.41, 5.74) is 6.05. The molecule has 2 N–H and O–H groups in total. The molecule has 0 bridgehead atoms. The van der Waals surface area contributed by atoms with E-state index in [1.54, 1.807) is 0 Å². The lowest BCUT2D eigenvalue weighted by molar-refractivity contribution is -0.133. The van der Waals surface area contributed by atoms with Crippen molar-refractivity contribution in [2.45, 2.75) is 50.6 Å². The highest BCUT2D eigenvalue weighted by Gasteiger charge is 2.29. The molecule has 18 heavy (non-hydrogen) atoms. The van der Waals surface area contributed by atoms with E-state index in [-0.39, 0.29) is 6.04 Å². The molecule has 4 nitrogen and oxygen atoms in total. The molecule has 104 valence electrons. The van der Waals surface area contributed by atoms with Crippen LogP contribution in [0.25, 0.3) is 0 Å². The summed E-state index contributed by atoms with van der Waals surface area (Å²) in [5, 5.41) is 0. The lowest BCUT2D eigenvalue weighted by Gasteiger charge is -2.35. The van der Waals surface area contributed by atoms with E-state index >= 15 is 0 Å². The van der Waals surface area contributed by atoms with Gasteiger partial charge in [-0.3, -0.25) is 4.79 Å². The van der Waals surface area contributed by atoms with Gasteiger partial charge in [-0.25, -0.2) is 0 Å². The van der Waals surface area contributed by atoms with Crippen molar-refractivity contribution < 1.29 is 4.79 Å². The zero-order valence-electron chi connectivity index (χ0n) is 11.8. The summed E-state index contributed by atoms with van der Waals surface area (Å²) in [5.74, 6) is 0.720. The third kappa shape index (κ3) is 3.23. The van der Waals surface area contributed by atoms with Gasteiger partial charge in [-0.15, -0.1) is 0 Å². The second kappa shape index (κ2) is 6.02. The average Bonchev–Trinajstić information content (AvgIpc) is 2.75. The number of carbonyl (C=O) groups is 1. The van der Waals surface area contributed by atoms with E-state index in [0.29, 0.717) is 24.3 Å². The van der Waals surface area contributed by atoms with Gasteiger partial charge in [-0.2, -0.15) is 0 Å². The van der Waals surface area contributed by atoms with Gasteiger partial charge >= 0.3 is 0 Å². The molecule has 1 heterocycles.